The number of nitrogens with one attached hydrogen (secondary N) is 1. The normalized spacial score (nSPS) is 15.3. The number of ketones is 1. The molecule has 1 aromatic heterocycles. The minimum Gasteiger partial charge on any atom is -0.379 e. The minimum atomic E-state index is -1.58. The van der Waals surface area contributed by atoms with E-state index in [0.717, 1.165) is 42.4 Å². The first-order chi connectivity index (χ1) is 18.2. The number of nitrogens with zero attached hydrogens (tertiary/aromatic N) is 1. The molecule has 1 aliphatic carbocycles. The Morgan fingerprint density at radius 1 is 0.974 bits per heavy atom. The summed E-state index contributed by atoms with van der Waals surface area (Å²) in [6.45, 7) is 3.27. The van der Waals surface area contributed by atoms with Crippen molar-refractivity contribution in [3.8, 4) is 11.1 Å². The second-order valence-electron chi connectivity index (χ2n) is 10.2. The highest BCUT2D eigenvalue weighted by atomic mass is 16.5. The Bertz CT molecular complexity index is 1550. The van der Waals surface area contributed by atoms with Crippen molar-refractivity contribution in [2.24, 2.45) is 5.92 Å². The molecule has 0 saturated heterocycles. The average molecular weight is 511 g/mol. The molecular formula is C31H30N2O5. The number of aromatic nitrogens is 1. The van der Waals surface area contributed by atoms with Gasteiger partial charge in [0.15, 0.2) is 5.78 Å². The van der Waals surface area contributed by atoms with Crippen LogP contribution in [0.25, 0.3) is 21.9 Å². The van der Waals surface area contributed by atoms with Crippen molar-refractivity contribution >= 4 is 28.2 Å². The highest BCUT2D eigenvalue weighted by Crippen LogP contribution is 2.37. The molecule has 1 fully saturated rings. The largest absolute Gasteiger partial charge is 0.379 e. The Kier molecular flexibility index (Phi) is 6.95. The van der Waals surface area contributed by atoms with E-state index in [1.807, 2.05) is 48.5 Å². The van der Waals surface area contributed by atoms with Gasteiger partial charge in [0.05, 0.1) is 11.1 Å². The topological polar surface area (TPSA) is 110 Å². The van der Waals surface area contributed by atoms with E-state index in [2.05, 4.69) is 10.5 Å². The fraction of sp³-hybridized carbons (Fsp3) is 0.290. The van der Waals surface area contributed by atoms with Crippen LogP contribution in [0, 0.1) is 12.8 Å². The van der Waals surface area contributed by atoms with Crippen LogP contribution < -0.4 is 10.9 Å². The number of carbonyl (C=O) groups is 2. The summed E-state index contributed by atoms with van der Waals surface area (Å²) < 4.78 is 4.79. The smallest absolute Gasteiger partial charge is 0.366 e. The van der Waals surface area contributed by atoms with Crippen molar-refractivity contribution < 1.29 is 19.2 Å². The van der Waals surface area contributed by atoms with Crippen LogP contribution >= 0.6 is 0 Å². The maximum absolute atomic E-state index is 13.6. The van der Waals surface area contributed by atoms with E-state index >= 15 is 0 Å². The number of amides is 1. The van der Waals surface area contributed by atoms with Crippen molar-refractivity contribution in [1.82, 2.24) is 5.16 Å². The molecule has 7 heteroatoms. The molecule has 0 spiro atoms. The van der Waals surface area contributed by atoms with Gasteiger partial charge in [-0.2, -0.15) is 0 Å². The third-order valence-corrected chi connectivity index (χ3v) is 7.63. The zero-order valence-electron chi connectivity index (χ0n) is 21.5. The lowest BCUT2D eigenvalue weighted by Gasteiger charge is -2.33. The zero-order valence-corrected chi connectivity index (χ0v) is 21.5. The van der Waals surface area contributed by atoms with Crippen LogP contribution in [0.2, 0.25) is 0 Å². The molecule has 0 radical (unpaired) electrons. The zero-order chi connectivity index (χ0) is 26.9. The molecule has 1 aliphatic rings. The van der Waals surface area contributed by atoms with Gasteiger partial charge in [0, 0.05) is 23.1 Å². The predicted octanol–water partition coefficient (Wildman–Crippen LogP) is 5.47. The van der Waals surface area contributed by atoms with Gasteiger partial charge in [-0.05, 0) is 67.5 Å². The number of aryl methyl sites for hydroxylation is 1. The third-order valence-electron chi connectivity index (χ3n) is 7.63. The molecule has 1 heterocycles. The summed E-state index contributed by atoms with van der Waals surface area (Å²) in [4.78, 5) is 37.2. The van der Waals surface area contributed by atoms with Crippen LogP contribution in [0.15, 0.2) is 76.0 Å². The summed E-state index contributed by atoms with van der Waals surface area (Å²) in [6.07, 6.45) is 3.71. The SMILES string of the molecule is CC(=O)c1ccc(-c2ccc(CC(O)(C(=O)Nc3ccc4c(=O)onc(C)c4c3)C3CCCC3)cc2)cc1. The minimum absolute atomic E-state index is 0.0255. The maximum Gasteiger partial charge on any atom is 0.366 e. The van der Waals surface area contributed by atoms with E-state index in [1.165, 1.54) is 0 Å². The van der Waals surface area contributed by atoms with E-state index in [9.17, 15) is 19.5 Å². The fourth-order valence-corrected chi connectivity index (χ4v) is 5.38. The number of rotatable bonds is 7. The van der Waals surface area contributed by atoms with Gasteiger partial charge in [0.1, 0.15) is 5.60 Å². The molecule has 1 saturated carbocycles. The molecule has 0 bridgehead atoms. The molecule has 4 aromatic rings. The summed E-state index contributed by atoms with van der Waals surface area (Å²) in [5.41, 5.74) is 2.40. The second-order valence-corrected chi connectivity index (χ2v) is 10.2. The van der Waals surface area contributed by atoms with Gasteiger partial charge in [0.25, 0.3) is 5.91 Å². The molecule has 7 nitrogen and oxygen atoms in total. The van der Waals surface area contributed by atoms with Crippen molar-refractivity contribution in [1.29, 1.82) is 0 Å². The van der Waals surface area contributed by atoms with Gasteiger partial charge >= 0.3 is 5.63 Å². The quantitative estimate of drug-likeness (QED) is 0.319. The lowest BCUT2D eigenvalue weighted by atomic mass is 9.80. The van der Waals surface area contributed by atoms with E-state index in [0.29, 0.717) is 27.7 Å². The highest BCUT2D eigenvalue weighted by molar-refractivity contribution is 5.99. The van der Waals surface area contributed by atoms with Crippen molar-refractivity contribution in [3.05, 3.63) is 94.0 Å². The van der Waals surface area contributed by atoms with Gasteiger partial charge in [-0.15, -0.1) is 0 Å². The lowest BCUT2D eigenvalue weighted by molar-refractivity contribution is -0.139. The number of Topliss-reactive ketones (excluding diaryl/α,β-unsaturated/α-hetero) is 1. The number of carbonyl (C=O) groups excluding carboxylic acids is 2. The van der Waals surface area contributed by atoms with Gasteiger partial charge in [-0.25, -0.2) is 4.79 Å². The van der Waals surface area contributed by atoms with Crippen molar-refractivity contribution in [3.63, 3.8) is 0 Å². The average Bonchev–Trinajstić information content (AvgIpc) is 3.47. The molecule has 1 atom stereocenters. The summed E-state index contributed by atoms with van der Waals surface area (Å²) >= 11 is 0. The first-order valence-electron chi connectivity index (χ1n) is 12.9. The van der Waals surface area contributed by atoms with E-state index < -0.39 is 17.1 Å². The Morgan fingerprint density at radius 2 is 1.61 bits per heavy atom. The molecule has 194 valence electrons. The summed E-state index contributed by atoms with van der Waals surface area (Å²) in [6, 6.07) is 20.2. The fourth-order valence-electron chi connectivity index (χ4n) is 5.38. The van der Waals surface area contributed by atoms with Crippen LogP contribution in [0.5, 0.6) is 0 Å². The molecule has 38 heavy (non-hydrogen) atoms. The summed E-state index contributed by atoms with van der Waals surface area (Å²) in [5.74, 6) is -0.587. The number of hydrogen-bond donors (Lipinski definition) is 2. The standard InChI is InChI=1S/C31H30N2O5/c1-19-28-17-26(15-16-27(28)29(35)38-33-19)32-30(36)31(37,25-5-3-4-6-25)18-21-7-9-23(10-8-21)24-13-11-22(12-14-24)20(2)34/h7-17,25,37H,3-6,18H2,1-2H3,(H,32,36). The van der Waals surface area contributed by atoms with Crippen LogP contribution in [0.1, 0.15) is 54.2 Å². The van der Waals surface area contributed by atoms with Crippen LogP contribution in [-0.4, -0.2) is 27.6 Å². The van der Waals surface area contributed by atoms with Gasteiger partial charge in [0.2, 0.25) is 0 Å². The first kappa shape index (κ1) is 25.5. The first-order valence-corrected chi connectivity index (χ1v) is 12.9. The third kappa shape index (κ3) is 5.02. The summed E-state index contributed by atoms with van der Waals surface area (Å²) in [7, 11) is 0. The number of fused-ring (bicyclic) bond motifs is 1. The van der Waals surface area contributed by atoms with Gasteiger partial charge in [-0.3, -0.25) is 9.59 Å². The molecule has 0 aliphatic heterocycles. The number of aliphatic hydroxyl groups is 1. The monoisotopic (exact) mass is 510 g/mol. The van der Waals surface area contributed by atoms with E-state index in [4.69, 9.17) is 4.52 Å². The summed E-state index contributed by atoms with van der Waals surface area (Å²) in [5, 5.41) is 19.5. The van der Waals surface area contributed by atoms with Crippen molar-refractivity contribution in [2.45, 2.75) is 51.6 Å². The Morgan fingerprint density at radius 3 is 2.24 bits per heavy atom. The van der Waals surface area contributed by atoms with E-state index in [1.54, 1.807) is 32.0 Å². The molecular weight excluding hydrogens is 480 g/mol. The molecule has 2 N–H and O–H groups in total. The van der Waals surface area contributed by atoms with Gasteiger partial charge in [-0.1, -0.05) is 66.5 Å². The highest BCUT2D eigenvalue weighted by Gasteiger charge is 2.45. The van der Waals surface area contributed by atoms with Crippen molar-refractivity contribution in [2.75, 3.05) is 5.32 Å². The molecule has 5 rings (SSSR count). The number of hydrogen-bond acceptors (Lipinski definition) is 6. The van der Waals surface area contributed by atoms with Crippen LogP contribution in [-0.2, 0) is 11.2 Å². The predicted molar refractivity (Wildman–Crippen MR) is 146 cm³/mol. The number of anilines is 1. The lowest BCUT2D eigenvalue weighted by Crippen LogP contribution is -2.50. The van der Waals surface area contributed by atoms with Gasteiger partial charge < -0.3 is 14.9 Å². The van der Waals surface area contributed by atoms with E-state index in [-0.39, 0.29) is 18.1 Å². The number of benzene rings is 3. The Hall–Kier alpha value is -4.10. The molecule has 1 amide bonds. The molecule has 1 unspecified atom stereocenters. The van der Waals surface area contributed by atoms with Crippen LogP contribution in [0.3, 0.4) is 0 Å². The maximum atomic E-state index is 13.6. The Labute approximate surface area is 220 Å². The second kappa shape index (κ2) is 10.3. The van der Waals surface area contributed by atoms with Crippen LogP contribution in [0.4, 0.5) is 5.69 Å². The Balaban J connectivity index is 1.39. The molecule has 3 aromatic carbocycles.